The second-order valence-corrected chi connectivity index (χ2v) is 8.24. The first-order chi connectivity index (χ1) is 13.6. The smallest absolute Gasteiger partial charge is 0.417 e. The maximum Gasteiger partial charge on any atom is 0.417 e. The van der Waals surface area contributed by atoms with Gasteiger partial charge in [0.25, 0.3) is 5.91 Å². The molecule has 11 heteroatoms. The van der Waals surface area contributed by atoms with Crippen LogP contribution in [0.15, 0.2) is 30.1 Å². The van der Waals surface area contributed by atoms with Crippen molar-refractivity contribution in [3.05, 3.63) is 35.3 Å². The highest BCUT2D eigenvalue weighted by atomic mass is 35.5. The summed E-state index contributed by atoms with van der Waals surface area (Å²) in [6.45, 7) is 5.30. The lowest BCUT2D eigenvalue weighted by molar-refractivity contribution is -0.115. The lowest BCUT2D eigenvalue weighted by Crippen LogP contribution is -2.40. The first-order valence-corrected chi connectivity index (χ1v) is 9.37. The summed E-state index contributed by atoms with van der Waals surface area (Å²) in [6.07, 6.45) is 3.17. The maximum absolute atomic E-state index is 13.0. The van der Waals surface area contributed by atoms with Crippen LogP contribution in [0.5, 0.6) is 0 Å². The van der Waals surface area contributed by atoms with E-state index in [-0.39, 0.29) is 28.8 Å². The minimum absolute atomic E-state index is 0.162. The molecule has 4 amide bonds. The Morgan fingerprint density at radius 1 is 1.38 bits per heavy atom. The summed E-state index contributed by atoms with van der Waals surface area (Å²) in [5.41, 5.74) is 0.112. The number of fused-ring (bicyclic) bond motifs is 1. The summed E-state index contributed by atoms with van der Waals surface area (Å²) in [5.74, 6) is -0.453. The molecule has 1 aliphatic carbocycles. The number of nitrogens with zero attached hydrogens (tertiary/aromatic N) is 4. The molecule has 0 radical (unpaired) electrons. The number of anilines is 1. The van der Waals surface area contributed by atoms with Crippen LogP contribution in [-0.4, -0.2) is 44.3 Å². The number of aromatic nitrogens is 3. The molecular formula is C18H19ClN6O4. The highest BCUT2D eigenvalue weighted by molar-refractivity contribution is 6.29. The molecule has 2 aliphatic rings. The highest BCUT2D eigenvalue weighted by Crippen LogP contribution is 2.41. The van der Waals surface area contributed by atoms with E-state index in [1.807, 2.05) is 0 Å². The molecule has 2 N–H and O–H groups in total. The Bertz CT molecular complexity index is 1060. The largest absolute Gasteiger partial charge is 0.443 e. The van der Waals surface area contributed by atoms with Crippen LogP contribution in [0, 0.1) is 5.92 Å². The molecule has 1 aliphatic heterocycles. The number of hydrogen-bond acceptors (Lipinski definition) is 6. The van der Waals surface area contributed by atoms with Crippen molar-refractivity contribution in [2.75, 3.05) is 4.90 Å². The average Bonchev–Trinajstić information content (AvgIpc) is 3.01. The molecule has 0 spiro atoms. The molecule has 0 bridgehead atoms. The molecule has 2 aromatic heterocycles. The van der Waals surface area contributed by atoms with E-state index in [4.69, 9.17) is 16.3 Å². The Balaban J connectivity index is 1.70. The molecule has 10 nitrogen and oxygen atoms in total. The van der Waals surface area contributed by atoms with Gasteiger partial charge in [0, 0.05) is 12.0 Å². The first-order valence-electron chi connectivity index (χ1n) is 8.99. The summed E-state index contributed by atoms with van der Waals surface area (Å²) in [6, 6.07) is 2.48. The van der Waals surface area contributed by atoms with Crippen molar-refractivity contribution in [3.63, 3.8) is 0 Å². The number of ether oxygens (including phenoxy) is 1. The number of carbonyl (C=O) groups is 3. The molecule has 152 valence electrons. The van der Waals surface area contributed by atoms with Crippen molar-refractivity contribution < 1.29 is 19.1 Å². The topological polar surface area (TPSA) is 118 Å². The fourth-order valence-corrected chi connectivity index (χ4v) is 3.30. The molecule has 1 saturated heterocycles. The number of nitrogens with one attached hydrogen (secondary N) is 2. The minimum Gasteiger partial charge on any atom is -0.443 e. The Labute approximate surface area is 170 Å². The zero-order valence-electron chi connectivity index (χ0n) is 16.0. The number of urea groups is 1. The van der Waals surface area contributed by atoms with Crippen LogP contribution in [0.2, 0.25) is 5.15 Å². The zero-order chi connectivity index (χ0) is 20.9. The van der Waals surface area contributed by atoms with Crippen LogP contribution in [0.3, 0.4) is 0 Å². The molecule has 2 aromatic rings. The third kappa shape index (κ3) is 3.88. The van der Waals surface area contributed by atoms with E-state index in [0.717, 1.165) is 0 Å². The number of rotatable bonds is 3. The number of carbonyl (C=O) groups excluding carboxylic acids is 3. The predicted octanol–water partition coefficient (Wildman–Crippen LogP) is 2.24. The van der Waals surface area contributed by atoms with Crippen molar-refractivity contribution in [2.45, 2.75) is 38.8 Å². The first kappa shape index (κ1) is 19.2. The van der Waals surface area contributed by atoms with E-state index in [9.17, 15) is 14.4 Å². The van der Waals surface area contributed by atoms with Gasteiger partial charge in [-0.25, -0.2) is 19.5 Å². The van der Waals surface area contributed by atoms with Crippen molar-refractivity contribution in [1.29, 1.82) is 0 Å². The Kier molecular flexibility index (Phi) is 4.45. The minimum atomic E-state index is -0.723. The molecule has 0 aromatic carbocycles. The van der Waals surface area contributed by atoms with Crippen LogP contribution in [0.25, 0.3) is 5.52 Å². The molecular weight excluding hydrogens is 400 g/mol. The van der Waals surface area contributed by atoms with Crippen LogP contribution >= 0.6 is 11.6 Å². The Morgan fingerprint density at radius 3 is 2.79 bits per heavy atom. The van der Waals surface area contributed by atoms with Gasteiger partial charge in [0.15, 0.2) is 0 Å². The van der Waals surface area contributed by atoms with E-state index in [1.165, 1.54) is 9.42 Å². The third-order valence-corrected chi connectivity index (χ3v) is 4.57. The summed E-state index contributed by atoms with van der Waals surface area (Å²) in [7, 11) is 0. The number of imide groups is 1. The predicted molar refractivity (Wildman–Crippen MR) is 103 cm³/mol. The molecule has 2 unspecified atom stereocenters. The number of amides is 4. The van der Waals surface area contributed by atoms with Crippen LogP contribution < -0.4 is 15.5 Å². The van der Waals surface area contributed by atoms with Gasteiger partial charge in [0.05, 0.1) is 17.8 Å². The zero-order valence-corrected chi connectivity index (χ0v) is 16.7. The molecule has 2 atom stereocenters. The van der Waals surface area contributed by atoms with Crippen molar-refractivity contribution in [1.82, 2.24) is 25.2 Å². The summed E-state index contributed by atoms with van der Waals surface area (Å²) < 4.78 is 7.07. The van der Waals surface area contributed by atoms with Gasteiger partial charge in [-0.15, -0.1) is 0 Å². The Morgan fingerprint density at radius 2 is 2.14 bits per heavy atom. The lowest BCUT2D eigenvalue weighted by Gasteiger charge is -2.27. The van der Waals surface area contributed by atoms with Crippen molar-refractivity contribution in [2.24, 2.45) is 5.92 Å². The lowest BCUT2D eigenvalue weighted by atomic mass is 10.2. The van der Waals surface area contributed by atoms with Gasteiger partial charge in [-0.3, -0.25) is 10.1 Å². The quantitative estimate of drug-likeness (QED) is 0.448. The third-order valence-electron chi connectivity index (χ3n) is 4.38. The van der Waals surface area contributed by atoms with Gasteiger partial charge in [-0.1, -0.05) is 11.6 Å². The van der Waals surface area contributed by atoms with Crippen LogP contribution in [-0.2, 0) is 9.53 Å². The van der Waals surface area contributed by atoms with Crippen LogP contribution in [0.4, 0.5) is 15.5 Å². The summed E-state index contributed by atoms with van der Waals surface area (Å²) in [5, 5.41) is 9.04. The summed E-state index contributed by atoms with van der Waals surface area (Å²) >= 11 is 6.15. The van der Waals surface area contributed by atoms with Crippen molar-refractivity contribution >= 4 is 41.1 Å². The normalized spacial score (nSPS) is 22.6. The standard InChI is InChI=1S/C18H19ClN6O4/c1-18(2,3)29-17(28)24(16-22-13(19)8-10-4-5-20-25(10)16)12-7-9(12)6-11-14(26)23-15(27)21-11/h4-6,8-9,12H,7H2,1-3H3,(H2,21,23,26,27)/b11-6-. The fourth-order valence-electron chi connectivity index (χ4n) is 3.11. The van der Waals surface area contributed by atoms with Crippen molar-refractivity contribution in [3.8, 4) is 0 Å². The number of hydrogen-bond donors (Lipinski definition) is 2. The van der Waals surface area contributed by atoms with Gasteiger partial charge < -0.3 is 10.1 Å². The van der Waals surface area contributed by atoms with Crippen LogP contribution in [0.1, 0.15) is 27.2 Å². The maximum atomic E-state index is 13.0. The fraction of sp³-hybridized carbons (Fsp3) is 0.389. The van der Waals surface area contributed by atoms with E-state index >= 15 is 0 Å². The van der Waals surface area contributed by atoms with E-state index in [2.05, 4.69) is 20.7 Å². The van der Waals surface area contributed by atoms with Gasteiger partial charge in [-0.05, 0) is 39.3 Å². The number of halogens is 1. The molecule has 29 heavy (non-hydrogen) atoms. The summed E-state index contributed by atoms with van der Waals surface area (Å²) in [4.78, 5) is 41.8. The average molecular weight is 419 g/mol. The molecule has 3 heterocycles. The van der Waals surface area contributed by atoms with Gasteiger partial charge in [-0.2, -0.15) is 9.61 Å². The second kappa shape index (κ2) is 6.73. The molecule has 4 rings (SSSR count). The van der Waals surface area contributed by atoms with E-state index in [0.29, 0.717) is 11.9 Å². The SMILES string of the molecule is CC(C)(C)OC(=O)N(c1nc(Cl)cc2ccnn12)C1CC1/C=C1\NC(=O)NC1=O. The Hall–Kier alpha value is -3.14. The second-order valence-electron chi connectivity index (χ2n) is 7.85. The monoisotopic (exact) mass is 418 g/mol. The van der Waals surface area contributed by atoms with Gasteiger partial charge in [0.2, 0.25) is 5.95 Å². The van der Waals surface area contributed by atoms with E-state index in [1.54, 1.807) is 45.2 Å². The molecule has 1 saturated carbocycles. The van der Waals surface area contributed by atoms with E-state index < -0.39 is 23.6 Å². The highest BCUT2D eigenvalue weighted by Gasteiger charge is 2.47. The van der Waals surface area contributed by atoms with Gasteiger partial charge >= 0.3 is 12.1 Å². The molecule has 2 fully saturated rings. The van der Waals surface area contributed by atoms with Gasteiger partial charge in [0.1, 0.15) is 16.5 Å².